The number of rotatable bonds is 6. The molecule has 1 saturated carbocycles. The van der Waals surface area contributed by atoms with Crippen LogP contribution in [-0.2, 0) is 9.53 Å². The number of methoxy groups -OCH3 is 1. The average Bonchev–Trinajstić information content (AvgIpc) is 2.70. The van der Waals surface area contributed by atoms with E-state index in [0.717, 1.165) is 35.6 Å². The van der Waals surface area contributed by atoms with E-state index in [4.69, 9.17) is 19.5 Å². The Bertz CT molecular complexity index is 805. The van der Waals surface area contributed by atoms with Gasteiger partial charge in [-0.1, -0.05) is 31.9 Å². The fourth-order valence-electron chi connectivity index (χ4n) is 4.41. The van der Waals surface area contributed by atoms with Crippen LogP contribution >= 0.6 is 0 Å². The van der Waals surface area contributed by atoms with Gasteiger partial charge in [0.05, 0.1) is 36.5 Å². The summed E-state index contributed by atoms with van der Waals surface area (Å²) in [5.41, 5.74) is 2.64. The molecule has 5 nitrogen and oxygen atoms in total. The molecule has 164 valence electrons. The number of carbonyl (C=O) groups excluding carboxylic acids is 1. The van der Waals surface area contributed by atoms with Crippen molar-refractivity contribution >= 4 is 17.4 Å². The summed E-state index contributed by atoms with van der Waals surface area (Å²) in [5.74, 6) is 0.303. The third-order valence-corrected chi connectivity index (χ3v) is 6.13. The lowest BCUT2D eigenvalue weighted by molar-refractivity contribution is -0.160. The van der Waals surface area contributed by atoms with Crippen molar-refractivity contribution in [3.8, 4) is 5.75 Å². The molecule has 0 bridgehead atoms. The minimum absolute atomic E-state index is 0.0326. The minimum atomic E-state index is -0.509. The topological polar surface area (TPSA) is 60.2 Å². The predicted octanol–water partition coefficient (Wildman–Crippen LogP) is 5.37. The molecule has 0 amide bonds. The SMILES string of the molecule is COc1ccc(C(CC2=NC3CCCCC3N=C2C)C(C)C(=O)OC(C)(C)C)cc1. The Hall–Kier alpha value is -2.17. The number of aliphatic imine (C=N–C) groups is 2. The molecule has 0 N–H and O–H groups in total. The second-order valence-electron chi connectivity index (χ2n) is 9.62. The monoisotopic (exact) mass is 412 g/mol. The van der Waals surface area contributed by atoms with Crippen LogP contribution in [0.25, 0.3) is 0 Å². The molecule has 4 unspecified atom stereocenters. The van der Waals surface area contributed by atoms with Gasteiger partial charge in [0.15, 0.2) is 0 Å². The average molecular weight is 413 g/mol. The molecule has 1 aliphatic heterocycles. The highest BCUT2D eigenvalue weighted by molar-refractivity contribution is 6.42. The van der Waals surface area contributed by atoms with Gasteiger partial charge in [-0.05, 0) is 64.7 Å². The standard InChI is InChI=1S/C25H36N2O3/c1-16(24(28)30-25(3,4)5)20(18-11-13-19(29-6)14-12-18)15-23-17(2)26-21-9-7-8-10-22(21)27-23/h11-14,16,20-22H,7-10,15H2,1-6H3. The van der Waals surface area contributed by atoms with Crippen LogP contribution in [0.5, 0.6) is 5.75 Å². The quantitative estimate of drug-likeness (QED) is 0.590. The van der Waals surface area contributed by atoms with Gasteiger partial charge in [0.2, 0.25) is 0 Å². The number of carbonyl (C=O) groups is 1. The van der Waals surface area contributed by atoms with Crippen molar-refractivity contribution in [1.82, 2.24) is 0 Å². The van der Waals surface area contributed by atoms with E-state index in [0.29, 0.717) is 18.5 Å². The number of esters is 1. The molecule has 1 heterocycles. The first-order chi connectivity index (χ1) is 14.2. The number of ether oxygens (including phenoxy) is 2. The van der Waals surface area contributed by atoms with Crippen molar-refractivity contribution < 1.29 is 14.3 Å². The maximum absolute atomic E-state index is 12.9. The van der Waals surface area contributed by atoms with Gasteiger partial charge in [-0.25, -0.2) is 0 Å². The van der Waals surface area contributed by atoms with Crippen LogP contribution in [0.3, 0.4) is 0 Å². The summed E-state index contributed by atoms with van der Waals surface area (Å²) in [7, 11) is 1.66. The number of hydrogen-bond donors (Lipinski definition) is 0. The molecule has 1 aromatic rings. The van der Waals surface area contributed by atoms with Gasteiger partial charge < -0.3 is 9.47 Å². The molecule has 1 fully saturated rings. The third kappa shape index (κ3) is 5.50. The van der Waals surface area contributed by atoms with E-state index >= 15 is 0 Å². The van der Waals surface area contributed by atoms with E-state index in [1.54, 1.807) is 7.11 Å². The Morgan fingerprint density at radius 3 is 2.27 bits per heavy atom. The van der Waals surface area contributed by atoms with Crippen molar-refractivity contribution in [2.24, 2.45) is 15.9 Å². The zero-order valence-corrected chi connectivity index (χ0v) is 19.3. The second-order valence-corrected chi connectivity index (χ2v) is 9.62. The summed E-state index contributed by atoms with van der Waals surface area (Å²) in [4.78, 5) is 23.0. The van der Waals surface area contributed by atoms with Crippen molar-refractivity contribution in [3.63, 3.8) is 0 Å². The van der Waals surface area contributed by atoms with Crippen LogP contribution in [0, 0.1) is 5.92 Å². The van der Waals surface area contributed by atoms with Crippen LogP contribution in [0.1, 0.15) is 78.2 Å². The molecule has 5 heteroatoms. The molecule has 30 heavy (non-hydrogen) atoms. The lowest BCUT2D eigenvalue weighted by Crippen LogP contribution is -2.36. The smallest absolute Gasteiger partial charge is 0.309 e. The molecular formula is C25H36N2O3. The van der Waals surface area contributed by atoms with Crippen LogP contribution in [0.2, 0.25) is 0 Å². The van der Waals surface area contributed by atoms with Crippen LogP contribution in [0.4, 0.5) is 0 Å². The number of hydrogen-bond acceptors (Lipinski definition) is 5. The van der Waals surface area contributed by atoms with Gasteiger partial charge in [-0.3, -0.25) is 14.8 Å². The van der Waals surface area contributed by atoms with Gasteiger partial charge in [-0.15, -0.1) is 0 Å². The van der Waals surface area contributed by atoms with Crippen molar-refractivity contribution in [1.29, 1.82) is 0 Å². The van der Waals surface area contributed by atoms with Gasteiger partial charge >= 0.3 is 5.97 Å². The number of fused-ring (bicyclic) bond motifs is 1. The van der Waals surface area contributed by atoms with Crippen LogP contribution < -0.4 is 4.74 Å². The summed E-state index contributed by atoms with van der Waals surface area (Å²) in [6.07, 6.45) is 5.40. The zero-order valence-electron chi connectivity index (χ0n) is 19.3. The number of nitrogens with zero attached hydrogens (tertiary/aromatic N) is 2. The maximum atomic E-state index is 12.9. The van der Waals surface area contributed by atoms with Crippen molar-refractivity contribution in [2.75, 3.05) is 7.11 Å². The van der Waals surface area contributed by atoms with E-state index in [9.17, 15) is 4.79 Å². The fraction of sp³-hybridized carbons (Fsp3) is 0.640. The molecule has 2 aliphatic rings. The Morgan fingerprint density at radius 2 is 1.70 bits per heavy atom. The maximum Gasteiger partial charge on any atom is 0.309 e. The highest BCUT2D eigenvalue weighted by Gasteiger charge is 2.34. The van der Waals surface area contributed by atoms with Gasteiger partial charge in [-0.2, -0.15) is 0 Å². The third-order valence-electron chi connectivity index (χ3n) is 6.13. The van der Waals surface area contributed by atoms with Crippen molar-refractivity contribution in [3.05, 3.63) is 29.8 Å². The number of benzene rings is 1. The van der Waals surface area contributed by atoms with E-state index in [-0.39, 0.29) is 17.8 Å². The largest absolute Gasteiger partial charge is 0.497 e. The van der Waals surface area contributed by atoms with Crippen LogP contribution in [-0.4, -0.2) is 42.2 Å². The molecule has 0 saturated heterocycles. The molecule has 0 aromatic heterocycles. The molecule has 0 spiro atoms. The molecular weight excluding hydrogens is 376 g/mol. The van der Waals surface area contributed by atoms with E-state index < -0.39 is 5.60 Å². The van der Waals surface area contributed by atoms with Crippen LogP contribution in [0.15, 0.2) is 34.3 Å². The lowest BCUT2D eigenvalue weighted by atomic mass is 9.81. The molecule has 0 radical (unpaired) electrons. The van der Waals surface area contributed by atoms with Gasteiger partial charge in [0.25, 0.3) is 0 Å². The predicted molar refractivity (Wildman–Crippen MR) is 122 cm³/mol. The first-order valence-corrected chi connectivity index (χ1v) is 11.2. The molecule has 3 rings (SSSR count). The highest BCUT2D eigenvalue weighted by atomic mass is 16.6. The normalized spacial score (nSPS) is 23.5. The summed E-state index contributed by atoms with van der Waals surface area (Å²) >= 11 is 0. The van der Waals surface area contributed by atoms with E-state index in [1.165, 1.54) is 12.8 Å². The first-order valence-electron chi connectivity index (χ1n) is 11.2. The van der Waals surface area contributed by atoms with Gasteiger partial charge in [0.1, 0.15) is 11.4 Å². The summed E-state index contributed by atoms with van der Waals surface area (Å²) < 4.78 is 11.0. The zero-order chi connectivity index (χ0) is 21.9. The second kappa shape index (κ2) is 9.32. The lowest BCUT2D eigenvalue weighted by Gasteiger charge is -2.33. The summed E-state index contributed by atoms with van der Waals surface area (Å²) in [6, 6.07) is 8.62. The Balaban J connectivity index is 1.87. The van der Waals surface area contributed by atoms with Crippen molar-refractivity contribution in [2.45, 2.75) is 90.3 Å². The molecule has 1 aromatic carbocycles. The summed E-state index contributed by atoms with van der Waals surface area (Å²) in [6.45, 7) is 9.75. The Labute approximate surface area is 181 Å². The van der Waals surface area contributed by atoms with E-state index in [1.807, 2.05) is 52.0 Å². The molecule has 4 atom stereocenters. The Kier molecular flexibility index (Phi) is 6.99. The fourth-order valence-corrected chi connectivity index (χ4v) is 4.41. The minimum Gasteiger partial charge on any atom is -0.497 e. The molecule has 1 aliphatic carbocycles. The summed E-state index contributed by atoms with van der Waals surface area (Å²) in [5, 5.41) is 0. The van der Waals surface area contributed by atoms with Gasteiger partial charge in [0, 0.05) is 5.92 Å². The Morgan fingerprint density at radius 1 is 1.10 bits per heavy atom. The highest BCUT2D eigenvalue weighted by Crippen LogP contribution is 2.34. The first kappa shape index (κ1) is 22.5. The van der Waals surface area contributed by atoms with E-state index in [2.05, 4.69) is 6.92 Å².